The summed E-state index contributed by atoms with van der Waals surface area (Å²) in [6.45, 7) is 3.67. The van der Waals surface area contributed by atoms with Crippen molar-refractivity contribution >= 4 is 11.9 Å². The van der Waals surface area contributed by atoms with E-state index in [0.717, 1.165) is 17.8 Å². The summed E-state index contributed by atoms with van der Waals surface area (Å²) in [7, 11) is 3.95. The third-order valence-electron chi connectivity index (χ3n) is 4.41. The number of guanidine groups is 1. The standard InChI is InChI=1S/C20H28FN5O/c1-4-23-20(26(3)14-18-6-5-11-25(18)2)24-13-16(19(22)27)12-15-7-9-17(21)10-8-15/h5-11,16H,4,12-14H2,1-3H3,(H2,22,27)(H,23,24). The zero-order valence-corrected chi connectivity index (χ0v) is 16.2. The molecule has 7 heteroatoms. The maximum atomic E-state index is 13.1. The van der Waals surface area contributed by atoms with Gasteiger partial charge < -0.3 is 20.5 Å². The molecule has 0 aliphatic rings. The number of carbonyl (C=O) groups excluding carboxylic acids is 1. The minimum absolute atomic E-state index is 0.270. The Bertz CT molecular complexity index is 769. The summed E-state index contributed by atoms with van der Waals surface area (Å²) < 4.78 is 15.1. The summed E-state index contributed by atoms with van der Waals surface area (Å²) in [6, 6.07) is 10.2. The van der Waals surface area contributed by atoms with Crippen molar-refractivity contribution in [1.82, 2.24) is 14.8 Å². The van der Waals surface area contributed by atoms with Gasteiger partial charge in [0, 0.05) is 32.5 Å². The molecule has 1 amide bonds. The van der Waals surface area contributed by atoms with Gasteiger partial charge in [0.25, 0.3) is 0 Å². The van der Waals surface area contributed by atoms with E-state index in [1.807, 2.05) is 38.2 Å². The lowest BCUT2D eigenvalue weighted by atomic mass is 9.99. The number of amides is 1. The molecule has 27 heavy (non-hydrogen) atoms. The van der Waals surface area contributed by atoms with Crippen molar-refractivity contribution in [2.45, 2.75) is 19.9 Å². The average molecular weight is 373 g/mol. The van der Waals surface area contributed by atoms with Crippen LogP contribution in [-0.4, -0.2) is 41.5 Å². The molecule has 1 aromatic heterocycles. The van der Waals surface area contributed by atoms with Crippen LogP contribution in [0.15, 0.2) is 47.6 Å². The summed E-state index contributed by atoms with van der Waals surface area (Å²) in [5.74, 6) is -0.454. The minimum atomic E-state index is -0.451. The van der Waals surface area contributed by atoms with Crippen LogP contribution in [0.4, 0.5) is 4.39 Å². The number of halogens is 1. The Hall–Kier alpha value is -2.83. The van der Waals surface area contributed by atoms with E-state index >= 15 is 0 Å². The van der Waals surface area contributed by atoms with E-state index in [2.05, 4.69) is 20.9 Å². The largest absolute Gasteiger partial charge is 0.369 e. The topological polar surface area (TPSA) is 75.6 Å². The molecule has 1 heterocycles. The highest BCUT2D eigenvalue weighted by molar-refractivity contribution is 5.81. The number of aliphatic imine (C=N–C) groups is 1. The normalized spacial score (nSPS) is 12.7. The molecule has 0 aliphatic heterocycles. The molecule has 2 rings (SSSR count). The number of aromatic nitrogens is 1. The molecule has 0 spiro atoms. The van der Waals surface area contributed by atoms with Crippen LogP contribution in [0.25, 0.3) is 0 Å². The maximum absolute atomic E-state index is 13.1. The van der Waals surface area contributed by atoms with E-state index in [0.29, 0.717) is 18.9 Å². The van der Waals surface area contributed by atoms with Crippen molar-refractivity contribution in [3.8, 4) is 0 Å². The molecule has 146 valence electrons. The van der Waals surface area contributed by atoms with Crippen LogP contribution in [0.5, 0.6) is 0 Å². The first kappa shape index (κ1) is 20.5. The Morgan fingerprint density at radius 3 is 2.59 bits per heavy atom. The number of nitrogens with two attached hydrogens (primary N) is 1. The van der Waals surface area contributed by atoms with Crippen molar-refractivity contribution in [3.63, 3.8) is 0 Å². The molecule has 6 nitrogen and oxygen atoms in total. The molecule has 0 saturated heterocycles. The van der Waals surface area contributed by atoms with E-state index in [-0.39, 0.29) is 12.4 Å². The van der Waals surface area contributed by atoms with E-state index in [1.165, 1.54) is 12.1 Å². The van der Waals surface area contributed by atoms with Crippen LogP contribution in [0, 0.1) is 11.7 Å². The van der Waals surface area contributed by atoms with Gasteiger partial charge in [0.1, 0.15) is 5.82 Å². The van der Waals surface area contributed by atoms with E-state index in [9.17, 15) is 9.18 Å². The Kier molecular flexibility index (Phi) is 7.40. The van der Waals surface area contributed by atoms with Crippen LogP contribution in [0.2, 0.25) is 0 Å². The molecule has 0 bridgehead atoms. The molecule has 1 atom stereocenters. The van der Waals surface area contributed by atoms with Gasteiger partial charge in [-0.05, 0) is 43.2 Å². The second kappa shape index (κ2) is 9.75. The highest BCUT2D eigenvalue weighted by atomic mass is 19.1. The first-order chi connectivity index (χ1) is 12.9. The fourth-order valence-electron chi connectivity index (χ4n) is 2.81. The van der Waals surface area contributed by atoms with Crippen LogP contribution >= 0.6 is 0 Å². The zero-order valence-electron chi connectivity index (χ0n) is 16.2. The number of nitrogens with one attached hydrogen (secondary N) is 1. The van der Waals surface area contributed by atoms with Crippen LogP contribution in [-0.2, 0) is 24.8 Å². The van der Waals surface area contributed by atoms with Gasteiger partial charge in [-0.3, -0.25) is 9.79 Å². The van der Waals surface area contributed by atoms with Crippen LogP contribution < -0.4 is 11.1 Å². The van der Waals surface area contributed by atoms with Crippen molar-refractivity contribution in [3.05, 3.63) is 59.7 Å². The van der Waals surface area contributed by atoms with Gasteiger partial charge in [0.05, 0.1) is 19.0 Å². The van der Waals surface area contributed by atoms with Gasteiger partial charge in [-0.2, -0.15) is 0 Å². The van der Waals surface area contributed by atoms with Gasteiger partial charge in [-0.15, -0.1) is 0 Å². The first-order valence-corrected chi connectivity index (χ1v) is 9.04. The Balaban J connectivity index is 2.08. The average Bonchev–Trinajstić information content (AvgIpc) is 3.03. The fourth-order valence-corrected chi connectivity index (χ4v) is 2.81. The van der Waals surface area contributed by atoms with Gasteiger partial charge in [-0.25, -0.2) is 4.39 Å². The number of benzene rings is 1. The van der Waals surface area contributed by atoms with Crippen molar-refractivity contribution in [2.24, 2.45) is 23.7 Å². The molecule has 3 N–H and O–H groups in total. The maximum Gasteiger partial charge on any atom is 0.222 e. The molecular weight excluding hydrogens is 345 g/mol. The molecule has 0 fully saturated rings. The summed E-state index contributed by atoms with van der Waals surface area (Å²) in [5.41, 5.74) is 7.57. The molecule has 1 aromatic carbocycles. The van der Waals surface area contributed by atoms with Crippen LogP contribution in [0.3, 0.4) is 0 Å². The number of primary amides is 1. The molecule has 0 saturated carbocycles. The van der Waals surface area contributed by atoms with Gasteiger partial charge >= 0.3 is 0 Å². The lowest BCUT2D eigenvalue weighted by Gasteiger charge is -2.23. The van der Waals surface area contributed by atoms with Gasteiger partial charge in [0.15, 0.2) is 5.96 Å². The van der Waals surface area contributed by atoms with Crippen LogP contribution in [0.1, 0.15) is 18.2 Å². The van der Waals surface area contributed by atoms with E-state index in [1.54, 1.807) is 12.1 Å². The summed E-state index contributed by atoms with van der Waals surface area (Å²) in [6.07, 6.45) is 2.43. The predicted octanol–water partition coefficient (Wildman–Crippen LogP) is 1.91. The zero-order chi connectivity index (χ0) is 19.8. The van der Waals surface area contributed by atoms with Crippen molar-refractivity contribution < 1.29 is 9.18 Å². The smallest absolute Gasteiger partial charge is 0.222 e. The second-order valence-electron chi connectivity index (χ2n) is 6.59. The Morgan fingerprint density at radius 2 is 2.04 bits per heavy atom. The highest BCUT2D eigenvalue weighted by Crippen LogP contribution is 2.11. The minimum Gasteiger partial charge on any atom is -0.369 e. The van der Waals surface area contributed by atoms with Crippen molar-refractivity contribution in [2.75, 3.05) is 20.1 Å². The highest BCUT2D eigenvalue weighted by Gasteiger charge is 2.17. The fraction of sp³-hybridized carbons (Fsp3) is 0.400. The number of aryl methyl sites for hydroxylation is 1. The third-order valence-corrected chi connectivity index (χ3v) is 4.41. The lowest BCUT2D eigenvalue weighted by Crippen LogP contribution is -2.39. The second-order valence-corrected chi connectivity index (χ2v) is 6.59. The molecule has 1 unspecified atom stereocenters. The summed E-state index contributed by atoms with van der Waals surface area (Å²) in [4.78, 5) is 18.5. The van der Waals surface area contributed by atoms with Gasteiger partial charge in [-0.1, -0.05) is 12.1 Å². The Labute approximate surface area is 159 Å². The number of hydrogen-bond acceptors (Lipinski definition) is 2. The first-order valence-electron chi connectivity index (χ1n) is 9.04. The summed E-state index contributed by atoms with van der Waals surface area (Å²) in [5, 5.41) is 3.24. The molecule has 2 aromatic rings. The SMILES string of the molecule is CCNC(=NCC(Cc1ccc(F)cc1)C(N)=O)N(C)Cc1cccn1C. The van der Waals surface area contributed by atoms with E-state index < -0.39 is 11.8 Å². The Morgan fingerprint density at radius 1 is 1.33 bits per heavy atom. The number of carbonyl (C=O) groups is 1. The third kappa shape index (κ3) is 6.13. The molecule has 0 aliphatic carbocycles. The van der Waals surface area contributed by atoms with Gasteiger partial charge in [0.2, 0.25) is 5.91 Å². The molecular formula is C20H28FN5O. The summed E-state index contributed by atoms with van der Waals surface area (Å²) >= 11 is 0. The predicted molar refractivity (Wildman–Crippen MR) is 106 cm³/mol. The van der Waals surface area contributed by atoms with Crippen molar-refractivity contribution in [1.29, 1.82) is 0 Å². The lowest BCUT2D eigenvalue weighted by molar-refractivity contribution is -0.121. The number of hydrogen-bond donors (Lipinski definition) is 2. The monoisotopic (exact) mass is 373 g/mol. The van der Waals surface area contributed by atoms with E-state index in [4.69, 9.17) is 5.73 Å². The quantitative estimate of drug-likeness (QED) is 0.548. The number of rotatable bonds is 8. The molecule has 0 radical (unpaired) electrons. The number of nitrogens with zero attached hydrogens (tertiary/aromatic N) is 3.